The van der Waals surface area contributed by atoms with E-state index >= 15 is 0 Å². The van der Waals surface area contributed by atoms with E-state index in [1.54, 1.807) is 0 Å². The van der Waals surface area contributed by atoms with Gasteiger partial charge in [0, 0.05) is 10.8 Å². The summed E-state index contributed by atoms with van der Waals surface area (Å²) < 4.78 is 12.2. The Bertz CT molecular complexity index is 906. The van der Waals surface area contributed by atoms with Crippen molar-refractivity contribution in [2.24, 2.45) is 56.7 Å². The highest BCUT2D eigenvalue weighted by molar-refractivity contribution is 5.78. The minimum absolute atomic E-state index is 0.0923. The van der Waals surface area contributed by atoms with Crippen molar-refractivity contribution in [2.75, 3.05) is 0 Å². The monoisotopic (exact) mass is 454 g/mol. The van der Waals surface area contributed by atoms with Gasteiger partial charge in [0.05, 0.1) is 0 Å². The average molecular weight is 455 g/mol. The van der Waals surface area contributed by atoms with E-state index in [1.165, 1.54) is 56.9 Å². The Balaban J connectivity index is 1.42. The molecule has 6 rings (SSSR count). The van der Waals surface area contributed by atoms with Crippen molar-refractivity contribution >= 4 is 5.97 Å². The highest BCUT2D eigenvalue weighted by Gasteiger charge is 2.75. The van der Waals surface area contributed by atoms with E-state index in [1.807, 2.05) is 0 Å². The van der Waals surface area contributed by atoms with Crippen LogP contribution < -0.4 is 0 Å². The molecule has 0 aromatic rings. The highest BCUT2D eigenvalue weighted by Crippen LogP contribution is 2.78. The molecular weight excluding hydrogens is 408 g/mol. The first-order valence-corrected chi connectivity index (χ1v) is 13.8. The third-order valence-corrected chi connectivity index (χ3v) is 13.5. The van der Waals surface area contributed by atoms with Crippen molar-refractivity contribution in [3.05, 3.63) is 12.2 Å². The van der Waals surface area contributed by atoms with E-state index in [4.69, 9.17) is 9.47 Å². The Kier molecular flexibility index (Phi) is 4.44. The number of fused-ring (bicyclic) bond motifs is 10. The third kappa shape index (κ3) is 2.40. The summed E-state index contributed by atoms with van der Waals surface area (Å²) in [6, 6.07) is 0. The summed E-state index contributed by atoms with van der Waals surface area (Å²) in [6.07, 6.45) is 9.65. The molecule has 0 unspecified atom stereocenters. The molecule has 2 bridgehead atoms. The number of rotatable bonds is 1. The summed E-state index contributed by atoms with van der Waals surface area (Å²) in [7, 11) is 0. The fraction of sp³-hybridized carbons (Fsp3) is 0.900. The van der Waals surface area contributed by atoms with Crippen LogP contribution in [0.1, 0.15) is 99.8 Å². The number of hydrogen-bond acceptors (Lipinski definition) is 3. The lowest BCUT2D eigenvalue weighted by atomic mass is 9.32. The lowest BCUT2D eigenvalue weighted by molar-refractivity contribution is -0.298. The Morgan fingerprint density at radius 2 is 1.48 bits per heavy atom. The molecule has 2 heterocycles. The van der Waals surface area contributed by atoms with Crippen LogP contribution in [0.25, 0.3) is 0 Å². The zero-order valence-electron chi connectivity index (χ0n) is 22.1. The molecule has 0 aromatic carbocycles. The Hall–Kier alpha value is -0.830. The number of hydrogen-bond donors (Lipinski definition) is 0. The molecule has 6 aliphatic rings. The molecule has 2 saturated heterocycles. The Labute approximate surface area is 201 Å². The van der Waals surface area contributed by atoms with Crippen LogP contribution >= 0.6 is 0 Å². The molecule has 0 amide bonds. The largest absolute Gasteiger partial charge is 0.433 e. The van der Waals surface area contributed by atoms with Gasteiger partial charge in [-0.25, -0.2) is 4.79 Å². The normalized spacial score (nSPS) is 58.5. The van der Waals surface area contributed by atoms with Crippen LogP contribution in [0.5, 0.6) is 0 Å². The van der Waals surface area contributed by atoms with Crippen molar-refractivity contribution in [3.8, 4) is 0 Å². The molecule has 0 radical (unpaired) electrons. The van der Waals surface area contributed by atoms with Gasteiger partial charge < -0.3 is 9.47 Å². The van der Waals surface area contributed by atoms with E-state index < -0.39 is 0 Å². The number of esters is 1. The first-order chi connectivity index (χ1) is 15.3. The highest BCUT2D eigenvalue weighted by atomic mass is 16.8. The quantitative estimate of drug-likeness (QED) is 0.312. The summed E-state index contributed by atoms with van der Waals surface area (Å²) in [6.45, 7) is 21.6. The van der Waals surface area contributed by atoms with Gasteiger partial charge in [-0.1, -0.05) is 53.7 Å². The zero-order chi connectivity index (χ0) is 23.8. The maximum atomic E-state index is 13.1. The van der Waals surface area contributed by atoms with Crippen LogP contribution in [-0.4, -0.2) is 18.4 Å². The van der Waals surface area contributed by atoms with E-state index in [9.17, 15) is 4.79 Å². The summed E-state index contributed by atoms with van der Waals surface area (Å²) in [5.41, 5.74) is 2.15. The van der Waals surface area contributed by atoms with E-state index in [2.05, 4.69) is 55.0 Å². The van der Waals surface area contributed by atoms with Gasteiger partial charge in [-0.15, -0.1) is 0 Å². The van der Waals surface area contributed by atoms with Crippen molar-refractivity contribution in [3.63, 3.8) is 0 Å². The second kappa shape index (κ2) is 6.48. The zero-order valence-corrected chi connectivity index (χ0v) is 22.1. The second-order valence-electron chi connectivity index (χ2n) is 14.7. The fourth-order valence-corrected chi connectivity index (χ4v) is 11.9. The molecule has 184 valence electrons. The molecule has 0 N–H and O–H groups in total. The molecule has 11 atom stereocenters. The molecule has 4 aliphatic carbocycles. The lowest BCUT2D eigenvalue weighted by Crippen LogP contribution is -2.69. The molecule has 6 fully saturated rings. The lowest BCUT2D eigenvalue weighted by Gasteiger charge is -2.73. The van der Waals surface area contributed by atoms with E-state index in [0.29, 0.717) is 22.7 Å². The molecular formula is C30H46O3. The Morgan fingerprint density at radius 1 is 0.848 bits per heavy atom. The van der Waals surface area contributed by atoms with Gasteiger partial charge in [0.15, 0.2) is 6.10 Å². The van der Waals surface area contributed by atoms with E-state index in [0.717, 1.165) is 17.8 Å². The average Bonchev–Trinajstić information content (AvgIpc) is 3.27. The SMILES string of the molecule is C=C(C)[C@@H]1CC[C@]2(C)[C@H]3CC[C@@H]4[C@@]5(C)[C@@H]6O[C@@H](OC6=O)C(C)(C)[C@@H]5CC[C@@]4(C)[C@]3(C)CC[C@@H]12. The summed E-state index contributed by atoms with van der Waals surface area (Å²) in [4.78, 5) is 13.1. The molecule has 33 heavy (non-hydrogen) atoms. The predicted molar refractivity (Wildman–Crippen MR) is 130 cm³/mol. The third-order valence-electron chi connectivity index (χ3n) is 13.5. The Morgan fingerprint density at radius 3 is 2.18 bits per heavy atom. The maximum absolute atomic E-state index is 13.1. The first kappa shape index (κ1) is 22.6. The van der Waals surface area contributed by atoms with Crippen LogP contribution in [0.3, 0.4) is 0 Å². The summed E-state index contributed by atoms with van der Waals surface area (Å²) in [5, 5.41) is 0. The summed E-state index contributed by atoms with van der Waals surface area (Å²) >= 11 is 0. The van der Waals surface area contributed by atoms with Crippen LogP contribution in [0, 0.1) is 56.7 Å². The van der Waals surface area contributed by atoms with Gasteiger partial charge in [-0.2, -0.15) is 0 Å². The van der Waals surface area contributed by atoms with Gasteiger partial charge in [0.1, 0.15) is 0 Å². The van der Waals surface area contributed by atoms with Gasteiger partial charge >= 0.3 is 5.97 Å². The van der Waals surface area contributed by atoms with Crippen LogP contribution in [-0.2, 0) is 14.3 Å². The molecule has 0 spiro atoms. The minimum atomic E-state index is -0.378. The van der Waals surface area contributed by atoms with Gasteiger partial charge in [0.25, 0.3) is 0 Å². The van der Waals surface area contributed by atoms with Gasteiger partial charge in [0.2, 0.25) is 6.29 Å². The smallest absolute Gasteiger partial charge is 0.338 e. The van der Waals surface area contributed by atoms with Crippen LogP contribution in [0.2, 0.25) is 0 Å². The molecule has 3 nitrogen and oxygen atoms in total. The minimum Gasteiger partial charge on any atom is -0.433 e. The van der Waals surface area contributed by atoms with Crippen LogP contribution in [0.15, 0.2) is 12.2 Å². The van der Waals surface area contributed by atoms with Crippen molar-refractivity contribution in [2.45, 2.75) is 112 Å². The van der Waals surface area contributed by atoms with Crippen molar-refractivity contribution in [1.29, 1.82) is 0 Å². The van der Waals surface area contributed by atoms with Crippen molar-refractivity contribution < 1.29 is 14.3 Å². The van der Waals surface area contributed by atoms with Gasteiger partial charge in [-0.3, -0.25) is 0 Å². The number of carbonyl (C=O) groups excluding carboxylic acids is 1. The second-order valence-corrected chi connectivity index (χ2v) is 14.7. The standard InChI is InChI=1S/C30H46O3/c1-17(2)18-11-14-27(5)19(18)12-15-28(6)21(27)9-10-22-29(28,7)16-13-20-26(3,4)25-32-23(24(31)33-25)30(20,22)8/h18-23,25H,1,9-16H2,2-8H3/t18-,19-,20-,21+,22-,23+,25-,27-,28+,29+,30-/m0/s1. The predicted octanol–water partition coefficient (Wildman–Crippen LogP) is 7.15. The topological polar surface area (TPSA) is 35.5 Å². The molecule has 4 saturated carbocycles. The fourth-order valence-electron chi connectivity index (χ4n) is 11.9. The number of carbonyl (C=O) groups is 1. The van der Waals surface area contributed by atoms with Crippen molar-refractivity contribution in [1.82, 2.24) is 0 Å². The van der Waals surface area contributed by atoms with Gasteiger partial charge in [-0.05, 0) is 104 Å². The number of ether oxygens (including phenoxy) is 2. The molecule has 2 aliphatic heterocycles. The first-order valence-electron chi connectivity index (χ1n) is 13.8. The molecule has 0 aromatic heterocycles. The number of allylic oxidation sites excluding steroid dienone is 1. The maximum Gasteiger partial charge on any atom is 0.338 e. The molecule has 3 heteroatoms. The van der Waals surface area contributed by atoms with E-state index in [-0.39, 0.29) is 34.6 Å². The summed E-state index contributed by atoms with van der Waals surface area (Å²) in [5.74, 6) is 3.20. The van der Waals surface area contributed by atoms with Crippen LogP contribution in [0.4, 0.5) is 0 Å².